The van der Waals surface area contributed by atoms with Crippen molar-refractivity contribution >= 4 is 11.9 Å². The number of carbonyl (C=O) groups is 2. The molecule has 8 heteroatoms. The zero-order chi connectivity index (χ0) is 23.3. The van der Waals surface area contributed by atoms with Crippen LogP contribution in [0.1, 0.15) is 30.5 Å². The molecule has 2 aliphatic heterocycles. The largest absolute Gasteiger partial charge is 0.497 e. The average molecular weight is 453 g/mol. The second-order valence-electron chi connectivity index (χ2n) is 8.65. The number of benzene rings is 1. The van der Waals surface area contributed by atoms with Gasteiger partial charge in [-0.05, 0) is 49.1 Å². The molecular formula is C25H32N4O4. The summed E-state index contributed by atoms with van der Waals surface area (Å²) < 4.78 is 10.5. The molecule has 2 saturated heterocycles. The first-order chi connectivity index (χ1) is 16.1. The molecule has 2 aliphatic rings. The highest BCUT2D eigenvalue weighted by atomic mass is 16.5. The van der Waals surface area contributed by atoms with E-state index in [-0.39, 0.29) is 18.5 Å². The Morgan fingerprint density at radius 2 is 1.85 bits per heavy atom. The van der Waals surface area contributed by atoms with Crippen molar-refractivity contribution in [3.05, 3.63) is 59.9 Å². The number of piperidine rings is 1. The van der Waals surface area contributed by atoms with Crippen LogP contribution in [0.3, 0.4) is 0 Å². The molecule has 176 valence electrons. The summed E-state index contributed by atoms with van der Waals surface area (Å²) in [5.74, 6) is 0.739. The molecule has 8 nitrogen and oxygen atoms in total. The summed E-state index contributed by atoms with van der Waals surface area (Å²) in [6.07, 6.45) is 3.62. The standard InChI is InChI=1S/C25H32N4O4/c1-32-16-6-13-29-24(31)28(19-21-8-3-4-12-26-21)23(30)25(29)10-14-27(15-11-25)18-20-7-5-9-22(17-20)33-2/h3-5,7-9,12,17H,6,10-11,13-16,18-19H2,1-2H3. The lowest BCUT2D eigenvalue weighted by Gasteiger charge is -2.42. The lowest BCUT2D eigenvalue weighted by Crippen LogP contribution is -2.56. The number of rotatable bonds is 9. The molecule has 1 aromatic heterocycles. The normalized spacial score (nSPS) is 18.4. The van der Waals surface area contributed by atoms with Crippen molar-refractivity contribution in [1.82, 2.24) is 19.7 Å². The van der Waals surface area contributed by atoms with Crippen LogP contribution in [0.5, 0.6) is 5.75 Å². The van der Waals surface area contributed by atoms with Crippen molar-refractivity contribution in [3.8, 4) is 5.75 Å². The van der Waals surface area contributed by atoms with Crippen molar-refractivity contribution < 1.29 is 19.1 Å². The first-order valence-electron chi connectivity index (χ1n) is 11.4. The van der Waals surface area contributed by atoms with E-state index in [1.54, 1.807) is 25.3 Å². The van der Waals surface area contributed by atoms with Crippen LogP contribution in [0, 0.1) is 0 Å². The third-order valence-corrected chi connectivity index (χ3v) is 6.62. The van der Waals surface area contributed by atoms with Gasteiger partial charge in [0.25, 0.3) is 5.91 Å². The Hall–Kier alpha value is -2.97. The number of methoxy groups -OCH3 is 2. The minimum absolute atomic E-state index is 0.100. The van der Waals surface area contributed by atoms with Gasteiger partial charge in [0.1, 0.15) is 11.3 Å². The Balaban J connectivity index is 1.49. The third-order valence-electron chi connectivity index (χ3n) is 6.62. The summed E-state index contributed by atoms with van der Waals surface area (Å²) in [4.78, 5) is 36.9. The maximum Gasteiger partial charge on any atom is 0.328 e. The number of nitrogens with zero attached hydrogens (tertiary/aromatic N) is 4. The summed E-state index contributed by atoms with van der Waals surface area (Å²) in [5.41, 5.74) is 1.10. The zero-order valence-electron chi connectivity index (χ0n) is 19.4. The van der Waals surface area contributed by atoms with Crippen LogP contribution < -0.4 is 4.74 Å². The second kappa shape index (κ2) is 10.3. The van der Waals surface area contributed by atoms with Gasteiger partial charge in [-0.15, -0.1) is 0 Å². The fourth-order valence-electron chi connectivity index (χ4n) is 4.85. The first kappa shape index (κ1) is 23.2. The number of hydrogen-bond donors (Lipinski definition) is 0. The van der Waals surface area contributed by atoms with Crippen LogP contribution in [0.2, 0.25) is 0 Å². The number of urea groups is 1. The second-order valence-corrected chi connectivity index (χ2v) is 8.65. The zero-order valence-corrected chi connectivity index (χ0v) is 19.4. The van der Waals surface area contributed by atoms with Crippen molar-refractivity contribution in [3.63, 3.8) is 0 Å². The predicted octanol–water partition coefficient (Wildman–Crippen LogP) is 2.93. The molecule has 1 aromatic carbocycles. The number of imide groups is 1. The summed E-state index contributed by atoms with van der Waals surface area (Å²) in [5, 5.41) is 0. The molecular weight excluding hydrogens is 420 g/mol. The fraction of sp³-hybridized carbons (Fsp3) is 0.480. The highest BCUT2D eigenvalue weighted by Crippen LogP contribution is 2.38. The SMILES string of the molecule is COCCCN1C(=O)N(Cc2ccccn2)C(=O)C12CCN(Cc1cccc(OC)c1)CC2. The van der Waals surface area contributed by atoms with Crippen molar-refractivity contribution in [2.24, 2.45) is 0 Å². The molecule has 3 amide bonds. The minimum atomic E-state index is -0.787. The molecule has 1 spiro atoms. The third kappa shape index (κ3) is 4.86. The quantitative estimate of drug-likeness (QED) is 0.430. The number of aromatic nitrogens is 1. The van der Waals surface area contributed by atoms with Gasteiger partial charge in [0.2, 0.25) is 0 Å². The van der Waals surface area contributed by atoms with Crippen LogP contribution in [-0.4, -0.2) is 77.6 Å². The fourth-order valence-corrected chi connectivity index (χ4v) is 4.85. The Morgan fingerprint density at radius 1 is 1.03 bits per heavy atom. The van der Waals surface area contributed by atoms with Crippen LogP contribution in [0.25, 0.3) is 0 Å². The molecule has 0 atom stereocenters. The monoisotopic (exact) mass is 452 g/mol. The number of likely N-dealkylation sites (tertiary alicyclic amines) is 1. The Labute approximate surface area is 195 Å². The summed E-state index contributed by atoms with van der Waals surface area (Å²) in [6.45, 7) is 3.54. The number of amides is 3. The van der Waals surface area contributed by atoms with Gasteiger partial charge in [0.05, 0.1) is 19.3 Å². The van der Waals surface area contributed by atoms with Crippen LogP contribution in [-0.2, 0) is 22.6 Å². The van der Waals surface area contributed by atoms with E-state index in [9.17, 15) is 9.59 Å². The summed E-state index contributed by atoms with van der Waals surface area (Å²) >= 11 is 0. The topological polar surface area (TPSA) is 75.2 Å². The molecule has 2 fully saturated rings. The van der Waals surface area contributed by atoms with Gasteiger partial charge in [-0.3, -0.25) is 19.6 Å². The van der Waals surface area contributed by atoms with E-state index in [1.807, 2.05) is 36.4 Å². The lowest BCUT2D eigenvalue weighted by molar-refractivity contribution is -0.136. The average Bonchev–Trinajstić information content (AvgIpc) is 3.03. The van der Waals surface area contributed by atoms with Crippen molar-refractivity contribution in [2.75, 3.05) is 40.5 Å². The van der Waals surface area contributed by atoms with Gasteiger partial charge in [-0.25, -0.2) is 4.79 Å². The van der Waals surface area contributed by atoms with Crippen molar-refractivity contribution in [1.29, 1.82) is 0 Å². The van der Waals surface area contributed by atoms with Gasteiger partial charge >= 0.3 is 6.03 Å². The number of pyridine rings is 1. The first-order valence-corrected chi connectivity index (χ1v) is 11.4. The van der Waals surface area contributed by atoms with Gasteiger partial charge < -0.3 is 14.4 Å². The Morgan fingerprint density at radius 3 is 2.55 bits per heavy atom. The van der Waals surface area contributed by atoms with E-state index in [4.69, 9.17) is 9.47 Å². The van der Waals surface area contributed by atoms with E-state index in [1.165, 1.54) is 10.5 Å². The molecule has 0 saturated carbocycles. The maximum atomic E-state index is 13.7. The molecule has 33 heavy (non-hydrogen) atoms. The van der Waals surface area contributed by atoms with Gasteiger partial charge in [0.15, 0.2) is 0 Å². The van der Waals surface area contributed by atoms with Gasteiger partial charge in [-0.1, -0.05) is 18.2 Å². The smallest absolute Gasteiger partial charge is 0.328 e. The number of hydrogen-bond acceptors (Lipinski definition) is 6. The predicted molar refractivity (Wildman–Crippen MR) is 124 cm³/mol. The van der Waals surface area contributed by atoms with Gasteiger partial charge in [0, 0.05) is 46.1 Å². The molecule has 0 N–H and O–H groups in total. The highest BCUT2D eigenvalue weighted by molar-refractivity contribution is 6.07. The number of ether oxygens (including phenoxy) is 2. The van der Waals surface area contributed by atoms with E-state index in [0.29, 0.717) is 38.1 Å². The molecule has 4 rings (SSSR count). The highest BCUT2D eigenvalue weighted by Gasteiger charge is 2.57. The molecule has 2 aromatic rings. The van der Waals surface area contributed by atoms with Crippen molar-refractivity contribution in [2.45, 2.75) is 37.9 Å². The summed E-state index contributed by atoms with van der Waals surface area (Å²) in [7, 11) is 3.32. The van der Waals surface area contributed by atoms with Crippen LogP contribution >= 0.6 is 0 Å². The number of carbonyl (C=O) groups excluding carboxylic acids is 2. The van der Waals surface area contributed by atoms with Crippen LogP contribution in [0.15, 0.2) is 48.7 Å². The molecule has 0 bridgehead atoms. The minimum Gasteiger partial charge on any atom is -0.497 e. The molecule has 3 heterocycles. The molecule has 0 radical (unpaired) electrons. The lowest BCUT2D eigenvalue weighted by atomic mass is 9.85. The Kier molecular flexibility index (Phi) is 7.25. The van der Waals surface area contributed by atoms with E-state index in [2.05, 4.69) is 16.0 Å². The van der Waals surface area contributed by atoms with E-state index < -0.39 is 5.54 Å². The van der Waals surface area contributed by atoms with Gasteiger partial charge in [-0.2, -0.15) is 0 Å². The Bertz CT molecular complexity index is 960. The molecule has 0 aliphatic carbocycles. The van der Waals surface area contributed by atoms with Crippen LogP contribution in [0.4, 0.5) is 4.79 Å². The summed E-state index contributed by atoms with van der Waals surface area (Å²) in [6, 6.07) is 13.4. The van der Waals surface area contributed by atoms with E-state index >= 15 is 0 Å². The maximum absolute atomic E-state index is 13.7. The molecule has 0 unspecified atom stereocenters. The van der Waals surface area contributed by atoms with E-state index in [0.717, 1.165) is 25.4 Å².